The maximum absolute atomic E-state index is 8.90. The van der Waals surface area contributed by atoms with E-state index in [1.54, 1.807) is 12.5 Å². The second kappa shape index (κ2) is 6.13. The molecule has 0 aliphatic heterocycles. The number of benzene rings is 2. The van der Waals surface area contributed by atoms with E-state index in [4.69, 9.17) is 10.9 Å². The number of aromatic nitrogens is 2. The van der Waals surface area contributed by atoms with Crippen molar-refractivity contribution in [3.05, 3.63) is 78.4 Å². The average Bonchev–Trinajstić information content (AvgIpc) is 3.08. The number of oxime groups is 1. The van der Waals surface area contributed by atoms with Crippen LogP contribution in [0.2, 0.25) is 0 Å². The summed E-state index contributed by atoms with van der Waals surface area (Å²) in [5.74, 6) is 0.109. The number of hydrogen-bond donors (Lipinski definition) is 2. The first-order chi connectivity index (χ1) is 10.8. The Balaban J connectivity index is 1.90. The molecule has 0 saturated carbocycles. The number of nitrogens with zero attached hydrogens (tertiary/aromatic N) is 3. The summed E-state index contributed by atoms with van der Waals surface area (Å²) in [5.41, 5.74) is 9.60. The third-order valence-electron chi connectivity index (χ3n) is 3.50. The molecule has 22 heavy (non-hydrogen) atoms. The Bertz CT molecular complexity index is 777. The summed E-state index contributed by atoms with van der Waals surface area (Å²) in [7, 11) is 0. The van der Waals surface area contributed by atoms with Gasteiger partial charge in [-0.15, -0.1) is 0 Å². The molecule has 0 fully saturated rings. The van der Waals surface area contributed by atoms with Gasteiger partial charge in [0.25, 0.3) is 0 Å². The summed E-state index contributed by atoms with van der Waals surface area (Å²) in [6.45, 7) is 0.780. The lowest BCUT2D eigenvalue weighted by molar-refractivity contribution is 0.318. The Morgan fingerprint density at radius 1 is 1.14 bits per heavy atom. The van der Waals surface area contributed by atoms with Crippen LogP contribution in [-0.2, 0) is 6.54 Å². The topological polar surface area (TPSA) is 76.4 Å². The van der Waals surface area contributed by atoms with Crippen molar-refractivity contribution in [2.75, 3.05) is 0 Å². The smallest absolute Gasteiger partial charge is 0.170 e. The normalized spacial score (nSPS) is 11.5. The molecule has 3 N–H and O–H groups in total. The highest BCUT2D eigenvalue weighted by molar-refractivity contribution is 6.03. The average molecular weight is 292 g/mol. The van der Waals surface area contributed by atoms with Crippen LogP contribution < -0.4 is 5.73 Å². The molecule has 0 unspecified atom stereocenters. The van der Waals surface area contributed by atoms with Crippen LogP contribution >= 0.6 is 0 Å². The first kappa shape index (κ1) is 13.9. The van der Waals surface area contributed by atoms with Gasteiger partial charge in [0.2, 0.25) is 0 Å². The van der Waals surface area contributed by atoms with Gasteiger partial charge in [0.15, 0.2) is 5.84 Å². The van der Waals surface area contributed by atoms with Crippen LogP contribution in [0, 0.1) is 0 Å². The van der Waals surface area contributed by atoms with Crippen molar-refractivity contribution in [2.45, 2.75) is 6.54 Å². The van der Waals surface area contributed by atoms with Crippen LogP contribution in [0.4, 0.5) is 0 Å². The fourth-order valence-electron chi connectivity index (χ4n) is 2.39. The van der Waals surface area contributed by atoms with Crippen molar-refractivity contribution < 1.29 is 5.21 Å². The van der Waals surface area contributed by atoms with Crippen molar-refractivity contribution in [1.29, 1.82) is 0 Å². The molecule has 2 aromatic carbocycles. The van der Waals surface area contributed by atoms with E-state index in [2.05, 4.69) is 22.3 Å². The van der Waals surface area contributed by atoms with Crippen LogP contribution in [0.5, 0.6) is 0 Å². The van der Waals surface area contributed by atoms with E-state index in [1.165, 1.54) is 5.56 Å². The predicted molar refractivity (Wildman–Crippen MR) is 85.7 cm³/mol. The van der Waals surface area contributed by atoms with Gasteiger partial charge >= 0.3 is 0 Å². The largest absolute Gasteiger partial charge is 0.409 e. The van der Waals surface area contributed by atoms with Crippen molar-refractivity contribution >= 4 is 5.84 Å². The minimum absolute atomic E-state index is 0.109. The van der Waals surface area contributed by atoms with Gasteiger partial charge in [0.1, 0.15) is 0 Å². The minimum atomic E-state index is 0.109. The molecule has 0 aliphatic rings. The van der Waals surface area contributed by atoms with E-state index in [-0.39, 0.29) is 5.84 Å². The summed E-state index contributed by atoms with van der Waals surface area (Å²) in [6, 6.07) is 15.8. The Morgan fingerprint density at radius 2 is 1.91 bits per heavy atom. The highest BCUT2D eigenvalue weighted by Gasteiger charge is 2.08. The Labute approximate surface area is 128 Å². The summed E-state index contributed by atoms with van der Waals surface area (Å²) in [6.07, 6.45) is 5.49. The fourth-order valence-corrected chi connectivity index (χ4v) is 2.39. The lowest BCUT2D eigenvalue weighted by Gasteiger charge is -2.09. The van der Waals surface area contributed by atoms with E-state index >= 15 is 0 Å². The monoisotopic (exact) mass is 292 g/mol. The van der Waals surface area contributed by atoms with Gasteiger partial charge in [-0.2, -0.15) is 0 Å². The first-order valence-electron chi connectivity index (χ1n) is 6.90. The zero-order chi connectivity index (χ0) is 15.4. The summed E-state index contributed by atoms with van der Waals surface area (Å²) < 4.78 is 2.01. The molecule has 1 heterocycles. The molecule has 1 aromatic heterocycles. The lowest BCUT2D eigenvalue weighted by Crippen LogP contribution is -2.14. The highest BCUT2D eigenvalue weighted by atomic mass is 16.4. The van der Waals surface area contributed by atoms with Crippen molar-refractivity contribution in [3.63, 3.8) is 0 Å². The van der Waals surface area contributed by atoms with Gasteiger partial charge in [0.05, 0.1) is 6.33 Å². The third-order valence-corrected chi connectivity index (χ3v) is 3.50. The quantitative estimate of drug-likeness (QED) is 0.336. The van der Waals surface area contributed by atoms with Crippen LogP contribution in [0.1, 0.15) is 11.1 Å². The van der Waals surface area contributed by atoms with E-state index < -0.39 is 0 Å². The lowest BCUT2D eigenvalue weighted by atomic mass is 9.98. The molecule has 0 spiro atoms. The van der Waals surface area contributed by atoms with E-state index in [9.17, 15) is 0 Å². The molecule has 3 aromatic rings. The van der Waals surface area contributed by atoms with Crippen molar-refractivity contribution in [3.8, 4) is 11.1 Å². The predicted octanol–water partition coefficient (Wildman–Crippen LogP) is 2.69. The third kappa shape index (κ3) is 2.83. The van der Waals surface area contributed by atoms with E-state index in [0.717, 1.165) is 17.7 Å². The molecule has 0 radical (unpaired) electrons. The molecule has 0 aliphatic carbocycles. The molecule has 0 atom stereocenters. The van der Waals surface area contributed by atoms with Gasteiger partial charge < -0.3 is 15.5 Å². The van der Waals surface area contributed by atoms with Crippen molar-refractivity contribution in [2.24, 2.45) is 10.9 Å². The Morgan fingerprint density at radius 3 is 2.59 bits per heavy atom. The minimum Gasteiger partial charge on any atom is -0.409 e. The zero-order valence-corrected chi connectivity index (χ0v) is 11.9. The number of imidazole rings is 1. The van der Waals surface area contributed by atoms with E-state index in [0.29, 0.717) is 5.56 Å². The maximum Gasteiger partial charge on any atom is 0.170 e. The van der Waals surface area contributed by atoms with Gasteiger partial charge in [-0.05, 0) is 16.7 Å². The molecular weight excluding hydrogens is 276 g/mol. The van der Waals surface area contributed by atoms with Gasteiger partial charge in [-0.1, -0.05) is 53.7 Å². The van der Waals surface area contributed by atoms with Crippen LogP contribution in [0.25, 0.3) is 11.1 Å². The molecule has 110 valence electrons. The molecule has 5 nitrogen and oxygen atoms in total. The highest BCUT2D eigenvalue weighted by Crippen LogP contribution is 2.24. The molecule has 3 rings (SSSR count). The van der Waals surface area contributed by atoms with Gasteiger partial charge in [0, 0.05) is 24.5 Å². The molecule has 0 saturated heterocycles. The second-order valence-corrected chi connectivity index (χ2v) is 4.96. The molecular formula is C17H16N4O. The van der Waals surface area contributed by atoms with Gasteiger partial charge in [-0.3, -0.25) is 0 Å². The number of amidine groups is 1. The molecule has 0 bridgehead atoms. The summed E-state index contributed by atoms with van der Waals surface area (Å²) in [5, 5.41) is 12.0. The molecule has 5 heteroatoms. The van der Waals surface area contributed by atoms with Crippen molar-refractivity contribution in [1.82, 2.24) is 9.55 Å². The van der Waals surface area contributed by atoms with Gasteiger partial charge in [-0.25, -0.2) is 4.98 Å². The van der Waals surface area contributed by atoms with E-state index in [1.807, 2.05) is 47.2 Å². The Kier molecular flexibility index (Phi) is 3.87. The zero-order valence-electron chi connectivity index (χ0n) is 11.9. The number of rotatable bonds is 4. The number of hydrogen-bond acceptors (Lipinski definition) is 3. The SMILES string of the molecule is N/C(=N\O)c1ccccc1-c1ccc(Cn2ccnc2)cc1. The molecule has 0 amide bonds. The second-order valence-electron chi connectivity index (χ2n) is 4.96. The Hall–Kier alpha value is -3.08. The first-order valence-corrected chi connectivity index (χ1v) is 6.90. The van der Waals surface area contributed by atoms with Crippen LogP contribution in [0.3, 0.4) is 0 Å². The fraction of sp³-hybridized carbons (Fsp3) is 0.0588. The summed E-state index contributed by atoms with van der Waals surface area (Å²) >= 11 is 0. The number of nitrogens with two attached hydrogens (primary N) is 1. The maximum atomic E-state index is 8.90. The summed E-state index contributed by atoms with van der Waals surface area (Å²) in [4.78, 5) is 4.04. The standard InChI is InChI=1S/C17H16N4O/c18-17(20-22)16-4-2-1-3-15(16)14-7-5-13(6-8-14)11-21-10-9-19-12-21/h1-10,12,22H,11H2,(H2,18,20). The van der Waals surface area contributed by atoms with Crippen LogP contribution in [0.15, 0.2) is 72.4 Å². The van der Waals surface area contributed by atoms with Crippen LogP contribution in [-0.4, -0.2) is 20.6 Å².